The van der Waals surface area contributed by atoms with Gasteiger partial charge in [0.25, 0.3) is 5.91 Å². The number of benzene rings is 2. The van der Waals surface area contributed by atoms with Crippen molar-refractivity contribution >= 4 is 11.8 Å². The highest BCUT2D eigenvalue weighted by Gasteiger charge is 2.27. The molecular weight excluding hydrogens is 396 g/mol. The molecule has 0 radical (unpaired) electrons. The summed E-state index contributed by atoms with van der Waals surface area (Å²) in [5, 5.41) is 5.86. The van der Waals surface area contributed by atoms with E-state index in [1.165, 1.54) is 7.11 Å². The van der Waals surface area contributed by atoms with E-state index in [4.69, 9.17) is 14.2 Å². The lowest BCUT2D eigenvalue weighted by Crippen LogP contribution is -2.50. The van der Waals surface area contributed by atoms with Gasteiger partial charge in [-0.2, -0.15) is 0 Å². The smallest absolute Gasteiger partial charge is 0.252 e. The van der Waals surface area contributed by atoms with E-state index in [0.29, 0.717) is 22.8 Å². The molecule has 2 N–H and O–H groups in total. The lowest BCUT2D eigenvalue weighted by molar-refractivity contribution is -0.124. The number of hydrogen-bond donors (Lipinski definition) is 2. The fourth-order valence-electron chi connectivity index (χ4n) is 3.32. The zero-order valence-corrected chi connectivity index (χ0v) is 19.2. The van der Waals surface area contributed by atoms with Crippen molar-refractivity contribution in [2.45, 2.75) is 39.8 Å². The summed E-state index contributed by atoms with van der Waals surface area (Å²) in [6, 6.07) is 9.85. The molecule has 0 heterocycles. The standard InChI is InChI=1S/C24H32N2O5/c1-14(2)21(26-23(27)18-11-9-8-10-15(18)3)24(28)25-16(4)17-12-19(29-5)22(31-7)20(13-17)30-6/h8-14,16,21H,1-7H3,(H,25,28)(H,26,27). The SMILES string of the molecule is COc1cc(C(C)NC(=O)C(NC(=O)c2ccccc2C)C(C)C)cc(OC)c1OC. The molecule has 0 bridgehead atoms. The van der Waals surface area contributed by atoms with Crippen molar-refractivity contribution in [1.29, 1.82) is 0 Å². The van der Waals surface area contributed by atoms with Gasteiger partial charge in [0.2, 0.25) is 11.7 Å². The normalized spacial score (nSPS) is 12.6. The van der Waals surface area contributed by atoms with Gasteiger partial charge in [-0.05, 0) is 49.1 Å². The number of carbonyl (C=O) groups excluding carboxylic acids is 2. The molecule has 7 heteroatoms. The van der Waals surface area contributed by atoms with Crippen LogP contribution in [0.2, 0.25) is 0 Å². The minimum atomic E-state index is -0.684. The number of ether oxygens (including phenoxy) is 3. The zero-order valence-electron chi connectivity index (χ0n) is 19.2. The maximum Gasteiger partial charge on any atom is 0.252 e. The quantitative estimate of drug-likeness (QED) is 0.637. The Morgan fingerprint density at radius 1 is 0.871 bits per heavy atom. The average molecular weight is 429 g/mol. The summed E-state index contributed by atoms with van der Waals surface area (Å²) in [6.45, 7) is 7.52. The van der Waals surface area contributed by atoms with Gasteiger partial charge in [-0.1, -0.05) is 32.0 Å². The van der Waals surface area contributed by atoms with Gasteiger partial charge in [0.1, 0.15) is 6.04 Å². The van der Waals surface area contributed by atoms with Crippen molar-refractivity contribution in [3.63, 3.8) is 0 Å². The second kappa shape index (κ2) is 10.7. The van der Waals surface area contributed by atoms with E-state index < -0.39 is 6.04 Å². The molecule has 0 saturated heterocycles. The van der Waals surface area contributed by atoms with Gasteiger partial charge in [0.05, 0.1) is 27.4 Å². The van der Waals surface area contributed by atoms with Crippen molar-refractivity contribution < 1.29 is 23.8 Å². The molecule has 2 rings (SSSR count). The Hall–Kier alpha value is -3.22. The molecule has 31 heavy (non-hydrogen) atoms. The predicted molar refractivity (Wildman–Crippen MR) is 120 cm³/mol. The molecule has 0 spiro atoms. The molecule has 7 nitrogen and oxygen atoms in total. The summed E-state index contributed by atoms with van der Waals surface area (Å²) in [6.07, 6.45) is 0. The Kier molecular flexibility index (Phi) is 8.30. The fraction of sp³-hybridized carbons (Fsp3) is 0.417. The zero-order chi connectivity index (χ0) is 23.1. The number of amides is 2. The van der Waals surface area contributed by atoms with Gasteiger partial charge in [0.15, 0.2) is 11.5 Å². The molecule has 0 fully saturated rings. The second-order valence-electron chi connectivity index (χ2n) is 7.70. The maximum atomic E-state index is 13.0. The van der Waals surface area contributed by atoms with Gasteiger partial charge < -0.3 is 24.8 Å². The first-order chi connectivity index (χ1) is 14.7. The summed E-state index contributed by atoms with van der Waals surface area (Å²) in [7, 11) is 4.62. The summed E-state index contributed by atoms with van der Waals surface area (Å²) < 4.78 is 16.2. The number of methoxy groups -OCH3 is 3. The van der Waals surface area contributed by atoms with Crippen LogP contribution in [0.25, 0.3) is 0 Å². The molecule has 2 aromatic rings. The molecule has 2 amide bonds. The van der Waals surface area contributed by atoms with Gasteiger partial charge in [-0.15, -0.1) is 0 Å². The van der Waals surface area contributed by atoms with Gasteiger partial charge in [0, 0.05) is 5.56 Å². The van der Waals surface area contributed by atoms with Gasteiger partial charge in [-0.3, -0.25) is 9.59 Å². The van der Waals surface area contributed by atoms with Crippen molar-refractivity contribution in [3.05, 3.63) is 53.1 Å². The van der Waals surface area contributed by atoms with Crippen LogP contribution in [-0.2, 0) is 4.79 Å². The molecule has 0 aliphatic heterocycles. The van der Waals surface area contributed by atoms with Crippen LogP contribution in [0.15, 0.2) is 36.4 Å². The largest absolute Gasteiger partial charge is 0.493 e. The monoisotopic (exact) mass is 428 g/mol. The summed E-state index contributed by atoms with van der Waals surface area (Å²) in [4.78, 5) is 25.8. The highest BCUT2D eigenvalue weighted by Crippen LogP contribution is 2.39. The van der Waals surface area contributed by atoms with Crippen molar-refractivity contribution in [1.82, 2.24) is 10.6 Å². The van der Waals surface area contributed by atoms with Crippen LogP contribution in [0.4, 0.5) is 0 Å². The summed E-state index contributed by atoms with van der Waals surface area (Å²) in [5.41, 5.74) is 2.20. The molecule has 2 unspecified atom stereocenters. The molecule has 2 atom stereocenters. The number of nitrogens with one attached hydrogen (secondary N) is 2. The lowest BCUT2D eigenvalue weighted by Gasteiger charge is -2.25. The third-order valence-corrected chi connectivity index (χ3v) is 5.17. The minimum absolute atomic E-state index is 0.0971. The van der Waals surface area contributed by atoms with Crippen LogP contribution in [-0.4, -0.2) is 39.2 Å². The molecular formula is C24H32N2O5. The van der Waals surface area contributed by atoms with E-state index in [1.54, 1.807) is 38.5 Å². The molecule has 0 aliphatic carbocycles. The molecule has 168 valence electrons. The fourth-order valence-corrected chi connectivity index (χ4v) is 3.32. The van der Waals surface area contributed by atoms with E-state index in [2.05, 4.69) is 10.6 Å². The number of rotatable bonds is 9. The molecule has 2 aromatic carbocycles. The predicted octanol–water partition coefficient (Wildman–Crippen LogP) is 3.65. The second-order valence-corrected chi connectivity index (χ2v) is 7.70. The van der Waals surface area contributed by atoms with Crippen LogP contribution in [0.1, 0.15) is 48.3 Å². The molecule has 0 aromatic heterocycles. The highest BCUT2D eigenvalue weighted by atomic mass is 16.5. The van der Waals surface area contributed by atoms with E-state index in [-0.39, 0.29) is 23.8 Å². The van der Waals surface area contributed by atoms with Crippen LogP contribution >= 0.6 is 0 Å². The van der Waals surface area contributed by atoms with E-state index in [9.17, 15) is 9.59 Å². The Morgan fingerprint density at radius 3 is 1.94 bits per heavy atom. The van der Waals surface area contributed by atoms with Crippen LogP contribution in [0.5, 0.6) is 17.2 Å². The van der Waals surface area contributed by atoms with Crippen LogP contribution < -0.4 is 24.8 Å². The Bertz CT molecular complexity index is 901. The maximum absolute atomic E-state index is 13.0. The Morgan fingerprint density at radius 2 is 1.45 bits per heavy atom. The third-order valence-electron chi connectivity index (χ3n) is 5.17. The number of aryl methyl sites for hydroxylation is 1. The number of carbonyl (C=O) groups is 2. The van der Waals surface area contributed by atoms with Crippen molar-refractivity contribution in [2.24, 2.45) is 5.92 Å². The van der Waals surface area contributed by atoms with Crippen molar-refractivity contribution in [3.8, 4) is 17.2 Å². The van der Waals surface area contributed by atoms with Crippen molar-refractivity contribution in [2.75, 3.05) is 21.3 Å². The first-order valence-corrected chi connectivity index (χ1v) is 10.2. The summed E-state index contributed by atoms with van der Waals surface area (Å²) in [5.74, 6) is 0.862. The minimum Gasteiger partial charge on any atom is -0.493 e. The van der Waals surface area contributed by atoms with E-state index >= 15 is 0 Å². The Balaban J connectivity index is 2.21. The van der Waals surface area contributed by atoms with E-state index in [0.717, 1.165) is 11.1 Å². The summed E-state index contributed by atoms with van der Waals surface area (Å²) >= 11 is 0. The van der Waals surface area contributed by atoms with E-state index in [1.807, 2.05) is 39.8 Å². The van der Waals surface area contributed by atoms with Crippen LogP contribution in [0.3, 0.4) is 0 Å². The highest BCUT2D eigenvalue weighted by molar-refractivity contribution is 5.98. The Labute approximate surface area is 184 Å². The first kappa shape index (κ1) is 24.1. The molecule has 0 saturated carbocycles. The average Bonchev–Trinajstić information content (AvgIpc) is 2.75. The van der Waals surface area contributed by atoms with Gasteiger partial charge in [-0.25, -0.2) is 0 Å². The first-order valence-electron chi connectivity index (χ1n) is 10.2. The number of hydrogen-bond acceptors (Lipinski definition) is 5. The van der Waals surface area contributed by atoms with Crippen LogP contribution in [0, 0.1) is 12.8 Å². The topological polar surface area (TPSA) is 85.9 Å². The molecule has 0 aliphatic rings. The third kappa shape index (κ3) is 5.69. The lowest BCUT2D eigenvalue weighted by atomic mass is 10.0. The van der Waals surface area contributed by atoms with Gasteiger partial charge >= 0.3 is 0 Å².